The highest BCUT2D eigenvalue weighted by Crippen LogP contribution is 2.38. The van der Waals surface area contributed by atoms with E-state index in [4.69, 9.17) is 16.3 Å². The molecule has 29 heavy (non-hydrogen) atoms. The molecule has 0 aliphatic carbocycles. The topological polar surface area (TPSA) is 59.5 Å². The minimum Gasteiger partial charge on any atom is -0.497 e. The number of pyridine rings is 1. The number of hydrogen-bond acceptors (Lipinski definition) is 5. The predicted octanol–water partition coefficient (Wildman–Crippen LogP) is 4.97. The Balaban J connectivity index is 1.94. The van der Waals surface area contributed by atoms with Crippen molar-refractivity contribution in [2.45, 2.75) is 29.6 Å². The van der Waals surface area contributed by atoms with E-state index in [-0.39, 0.29) is 9.79 Å². The summed E-state index contributed by atoms with van der Waals surface area (Å²) in [6, 6.07) is 11.9. The molecule has 2 heterocycles. The molecule has 0 spiro atoms. The molecule has 7 heteroatoms. The van der Waals surface area contributed by atoms with Crippen molar-refractivity contribution in [3.63, 3.8) is 0 Å². The first-order valence-electron chi connectivity index (χ1n) is 9.62. The third-order valence-electron chi connectivity index (χ3n) is 5.40. The summed E-state index contributed by atoms with van der Waals surface area (Å²) >= 11 is 6.27. The summed E-state index contributed by atoms with van der Waals surface area (Å²) in [5.74, 6) is 1.10. The van der Waals surface area contributed by atoms with Gasteiger partial charge in [0.05, 0.1) is 23.2 Å². The van der Waals surface area contributed by atoms with Crippen molar-refractivity contribution in [3.8, 4) is 5.75 Å². The molecule has 0 bridgehead atoms. The highest BCUT2D eigenvalue weighted by molar-refractivity contribution is 7.91. The van der Waals surface area contributed by atoms with Crippen molar-refractivity contribution in [2.24, 2.45) is 5.92 Å². The lowest BCUT2D eigenvalue weighted by molar-refractivity contribution is 0.414. The van der Waals surface area contributed by atoms with E-state index in [1.165, 1.54) is 6.20 Å². The van der Waals surface area contributed by atoms with Crippen LogP contribution in [0.5, 0.6) is 5.75 Å². The number of piperidine rings is 1. The van der Waals surface area contributed by atoms with E-state index >= 15 is 0 Å². The lowest BCUT2D eigenvalue weighted by Crippen LogP contribution is -2.35. The smallest absolute Gasteiger partial charge is 0.210 e. The molecule has 3 aromatic rings. The van der Waals surface area contributed by atoms with Crippen LogP contribution in [0.15, 0.2) is 58.5 Å². The monoisotopic (exact) mass is 430 g/mol. The fourth-order valence-electron chi connectivity index (χ4n) is 3.93. The first-order valence-corrected chi connectivity index (χ1v) is 11.5. The van der Waals surface area contributed by atoms with Crippen LogP contribution in [-0.4, -0.2) is 33.6 Å². The van der Waals surface area contributed by atoms with Gasteiger partial charge in [-0.25, -0.2) is 8.42 Å². The number of sulfone groups is 1. The van der Waals surface area contributed by atoms with Crippen molar-refractivity contribution >= 4 is 38.0 Å². The summed E-state index contributed by atoms with van der Waals surface area (Å²) in [5.41, 5.74) is 1.43. The molecule has 1 aromatic heterocycles. The molecule has 0 unspecified atom stereocenters. The van der Waals surface area contributed by atoms with Crippen molar-refractivity contribution in [3.05, 3.63) is 53.7 Å². The minimum atomic E-state index is -3.77. The van der Waals surface area contributed by atoms with E-state index in [9.17, 15) is 8.42 Å². The van der Waals surface area contributed by atoms with Crippen LogP contribution in [0.4, 0.5) is 5.69 Å². The quantitative estimate of drug-likeness (QED) is 0.585. The Bertz CT molecular complexity index is 1150. The zero-order chi connectivity index (χ0) is 20.6. The molecular weight excluding hydrogens is 408 g/mol. The summed E-state index contributed by atoms with van der Waals surface area (Å²) in [5, 5.41) is 1.32. The Kier molecular flexibility index (Phi) is 5.40. The number of fused-ring (bicyclic) bond motifs is 1. The maximum Gasteiger partial charge on any atom is 0.210 e. The summed E-state index contributed by atoms with van der Waals surface area (Å²) < 4.78 is 32.3. The minimum absolute atomic E-state index is 0.214. The summed E-state index contributed by atoms with van der Waals surface area (Å²) in [7, 11) is -2.22. The standard InChI is InChI=1S/C22H23ClN2O3S/c1-15-4-3-11-25(14-15)22-19-12-16(23)5-10-20(19)24-13-21(22)29(26,27)18-8-6-17(28-2)7-9-18/h5-10,12-13,15H,3-4,11,14H2,1-2H3/t15-/m1/s1. The predicted molar refractivity (Wildman–Crippen MR) is 116 cm³/mol. The zero-order valence-corrected chi connectivity index (χ0v) is 18.0. The van der Waals surface area contributed by atoms with Gasteiger partial charge in [-0.1, -0.05) is 18.5 Å². The first kappa shape index (κ1) is 20.0. The van der Waals surface area contributed by atoms with Crippen LogP contribution in [0.1, 0.15) is 19.8 Å². The van der Waals surface area contributed by atoms with Gasteiger partial charge in [-0.05, 0) is 61.2 Å². The van der Waals surface area contributed by atoms with E-state index in [2.05, 4.69) is 16.8 Å². The molecule has 5 nitrogen and oxygen atoms in total. The molecule has 1 fully saturated rings. The molecular formula is C22H23ClN2O3S. The number of halogens is 1. The number of aromatic nitrogens is 1. The van der Waals surface area contributed by atoms with Gasteiger partial charge in [-0.2, -0.15) is 0 Å². The highest BCUT2D eigenvalue weighted by atomic mass is 35.5. The Morgan fingerprint density at radius 2 is 1.93 bits per heavy atom. The average molecular weight is 431 g/mol. The van der Waals surface area contributed by atoms with E-state index < -0.39 is 9.84 Å². The second-order valence-electron chi connectivity index (χ2n) is 7.50. The van der Waals surface area contributed by atoms with Crippen LogP contribution >= 0.6 is 11.6 Å². The van der Waals surface area contributed by atoms with Crippen LogP contribution in [-0.2, 0) is 9.84 Å². The van der Waals surface area contributed by atoms with Gasteiger partial charge in [0.2, 0.25) is 9.84 Å². The van der Waals surface area contributed by atoms with Gasteiger partial charge in [0, 0.05) is 29.7 Å². The number of methoxy groups -OCH3 is 1. The summed E-state index contributed by atoms with van der Waals surface area (Å²) in [6.07, 6.45) is 3.64. The molecule has 1 atom stereocenters. The molecule has 0 radical (unpaired) electrons. The summed E-state index contributed by atoms with van der Waals surface area (Å²) in [4.78, 5) is 7.03. The molecule has 4 rings (SSSR count). The fraction of sp³-hybridized carbons (Fsp3) is 0.318. The Morgan fingerprint density at radius 1 is 1.17 bits per heavy atom. The SMILES string of the molecule is COc1ccc(S(=O)(=O)c2cnc3ccc(Cl)cc3c2N2CCC[C@@H](C)C2)cc1. The molecule has 0 N–H and O–H groups in total. The Hall–Kier alpha value is -2.31. The van der Waals surface area contributed by atoms with Crippen molar-refractivity contribution in [1.82, 2.24) is 4.98 Å². The fourth-order valence-corrected chi connectivity index (χ4v) is 5.54. The third-order valence-corrected chi connectivity index (χ3v) is 7.41. The maximum atomic E-state index is 13.6. The van der Waals surface area contributed by atoms with E-state index in [1.807, 2.05) is 12.1 Å². The highest BCUT2D eigenvalue weighted by Gasteiger charge is 2.29. The van der Waals surface area contributed by atoms with Crippen LogP contribution in [0.2, 0.25) is 5.02 Å². The number of hydrogen-bond donors (Lipinski definition) is 0. The lowest BCUT2D eigenvalue weighted by atomic mass is 9.99. The average Bonchev–Trinajstić information content (AvgIpc) is 2.72. The van der Waals surface area contributed by atoms with E-state index in [1.54, 1.807) is 37.4 Å². The second-order valence-corrected chi connectivity index (χ2v) is 9.86. The van der Waals surface area contributed by atoms with Gasteiger partial charge in [-0.3, -0.25) is 4.98 Å². The first-order chi connectivity index (χ1) is 13.9. The second kappa shape index (κ2) is 7.84. The van der Waals surface area contributed by atoms with Gasteiger partial charge >= 0.3 is 0 Å². The summed E-state index contributed by atoms with van der Waals surface area (Å²) in [6.45, 7) is 3.80. The van der Waals surface area contributed by atoms with Gasteiger partial charge in [0.15, 0.2) is 0 Å². The number of anilines is 1. The number of rotatable bonds is 4. The van der Waals surface area contributed by atoms with Gasteiger partial charge in [0.1, 0.15) is 10.6 Å². The van der Waals surface area contributed by atoms with Crippen LogP contribution < -0.4 is 9.64 Å². The van der Waals surface area contributed by atoms with Crippen LogP contribution in [0.3, 0.4) is 0 Å². The van der Waals surface area contributed by atoms with Crippen LogP contribution in [0.25, 0.3) is 10.9 Å². The molecule has 152 valence electrons. The molecule has 1 aliphatic rings. The van der Waals surface area contributed by atoms with E-state index in [0.717, 1.165) is 36.8 Å². The third kappa shape index (κ3) is 3.79. The molecule has 0 amide bonds. The molecule has 1 saturated heterocycles. The van der Waals surface area contributed by atoms with Gasteiger partial charge < -0.3 is 9.64 Å². The van der Waals surface area contributed by atoms with Crippen molar-refractivity contribution in [1.29, 1.82) is 0 Å². The van der Waals surface area contributed by atoms with Crippen molar-refractivity contribution < 1.29 is 13.2 Å². The van der Waals surface area contributed by atoms with Crippen LogP contribution in [0, 0.1) is 5.92 Å². The largest absolute Gasteiger partial charge is 0.497 e. The Labute approximate surface area is 176 Å². The molecule has 1 aliphatic heterocycles. The molecule has 2 aromatic carbocycles. The number of benzene rings is 2. The normalized spacial score (nSPS) is 17.5. The van der Waals surface area contributed by atoms with Gasteiger partial charge in [0.25, 0.3) is 0 Å². The van der Waals surface area contributed by atoms with Gasteiger partial charge in [-0.15, -0.1) is 0 Å². The zero-order valence-electron chi connectivity index (χ0n) is 16.4. The van der Waals surface area contributed by atoms with Crippen molar-refractivity contribution in [2.75, 3.05) is 25.1 Å². The number of nitrogens with zero attached hydrogens (tertiary/aromatic N) is 2. The molecule has 0 saturated carbocycles. The van der Waals surface area contributed by atoms with E-state index in [0.29, 0.717) is 22.4 Å². The maximum absolute atomic E-state index is 13.6. The lowest BCUT2D eigenvalue weighted by Gasteiger charge is -2.34. The number of ether oxygens (including phenoxy) is 1. The Morgan fingerprint density at radius 3 is 2.62 bits per heavy atom.